The number of hydrogen-bond donors (Lipinski definition) is 3. The highest BCUT2D eigenvalue weighted by Crippen LogP contribution is 2.33. The number of aromatic hydroxyl groups is 1. The smallest absolute Gasteiger partial charge is 0.407 e. The number of phenols is 1. The Hall–Kier alpha value is -2.78. The first kappa shape index (κ1) is 29.7. The maximum absolute atomic E-state index is 13.6. The number of rotatable bonds is 11. The molecule has 224 valence electrons. The van der Waals surface area contributed by atoms with E-state index in [4.69, 9.17) is 23.8 Å². The Morgan fingerprint density at radius 3 is 2.59 bits per heavy atom. The van der Waals surface area contributed by atoms with Gasteiger partial charge in [0.2, 0.25) is 0 Å². The SMILES string of the molecule is O=C(N[C@@H](Cc1ccccc1)[C@H](O)CN(OC1CCOCC1)S(=O)(=O)c1cccc(O)c1)OC1CO[C@H]2OCC[C@@H]12. The quantitative estimate of drug-likeness (QED) is 0.330. The number of hydroxylamine groups is 1. The molecule has 0 aromatic heterocycles. The van der Waals surface area contributed by atoms with E-state index < -0.39 is 53.3 Å². The van der Waals surface area contributed by atoms with Crippen LogP contribution in [0.4, 0.5) is 4.79 Å². The molecule has 1 unspecified atom stereocenters. The van der Waals surface area contributed by atoms with Crippen LogP contribution < -0.4 is 5.32 Å². The molecule has 3 fully saturated rings. The van der Waals surface area contributed by atoms with Gasteiger partial charge in [-0.25, -0.2) is 13.2 Å². The topological polar surface area (TPSA) is 153 Å². The van der Waals surface area contributed by atoms with Crippen molar-refractivity contribution in [1.82, 2.24) is 9.79 Å². The van der Waals surface area contributed by atoms with Crippen LogP contribution in [0.3, 0.4) is 0 Å². The first-order chi connectivity index (χ1) is 19.8. The Labute approximate surface area is 239 Å². The van der Waals surface area contributed by atoms with Crippen molar-refractivity contribution >= 4 is 16.1 Å². The van der Waals surface area contributed by atoms with Crippen molar-refractivity contribution in [2.75, 3.05) is 33.0 Å². The minimum atomic E-state index is -4.31. The summed E-state index contributed by atoms with van der Waals surface area (Å²) in [6.07, 6.45) is -1.64. The Morgan fingerprint density at radius 1 is 1.05 bits per heavy atom. The number of benzene rings is 2. The lowest BCUT2D eigenvalue weighted by Gasteiger charge is -2.32. The van der Waals surface area contributed by atoms with Crippen molar-refractivity contribution in [2.45, 2.75) is 61.2 Å². The van der Waals surface area contributed by atoms with Gasteiger partial charge in [-0.1, -0.05) is 40.9 Å². The third kappa shape index (κ3) is 7.55. The van der Waals surface area contributed by atoms with Crippen molar-refractivity contribution in [2.24, 2.45) is 5.92 Å². The zero-order valence-corrected chi connectivity index (χ0v) is 23.4. The number of aliphatic hydroxyl groups excluding tert-OH is 1. The molecule has 0 aliphatic carbocycles. The van der Waals surface area contributed by atoms with Gasteiger partial charge in [0, 0.05) is 13.2 Å². The van der Waals surface area contributed by atoms with E-state index in [1.807, 2.05) is 30.3 Å². The van der Waals surface area contributed by atoms with Gasteiger partial charge < -0.3 is 34.5 Å². The summed E-state index contributed by atoms with van der Waals surface area (Å²) in [6, 6.07) is 13.5. The maximum Gasteiger partial charge on any atom is 0.407 e. The van der Waals surface area contributed by atoms with E-state index in [0.29, 0.717) is 39.1 Å². The molecule has 5 atom stereocenters. The molecule has 0 spiro atoms. The van der Waals surface area contributed by atoms with Gasteiger partial charge in [0.25, 0.3) is 10.0 Å². The zero-order chi connectivity index (χ0) is 28.8. The minimum Gasteiger partial charge on any atom is -0.508 e. The van der Waals surface area contributed by atoms with Crippen LogP contribution in [-0.2, 0) is 40.2 Å². The molecule has 3 N–H and O–H groups in total. The molecule has 2 aromatic carbocycles. The van der Waals surface area contributed by atoms with Crippen molar-refractivity contribution in [3.8, 4) is 5.75 Å². The molecule has 3 heterocycles. The molecular weight excluding hydrogens is 556 g/mol. The Bertz CT molecular complexity index is 1260. The number of fused-ring (bicyclic) bond motifs is 1. The number of carbonyl (C=O) groups is 1. The summed E-state index contributed by atoms with van der Waals surface area (Å²) >= 11 is 0. The van der Waals surface area contributed by atoms with Crippen molar-refractivity contribution in [1.29, 1.82) is 0 Å². The average Bonchev–Trinajstić information content (AvgIpc) is 3.59. The summed E-state index contributed by atoms with van der Waals surface area (Å²) in [5.41, 5.74) is 0.818. The van der Waals surface area contributed by atoms with E-state index in [-0.39, 0.29) is 29.6 Å². The molecule has 0 bridgehead atoms. The third-order valence-corrected chi connectivity index (χ3v) is 9.09. The van der Waals surface area contributed by atoms with Crippen molar-refractivity contribution in [3.63, 3.8) is 0 Å². The third-order valence-electron chi connectivity index (χ3n) is 7.46. The first-order valence-electron chi connectivity index (χ1n) is 13.8. The lowest BCUT2D eigenvalue weighted by atomic mass is 10.0. The number of phenolic OH excluding ortho intramolecular Hbond substituents is 1. The van der Waals surface area contributed by atoms with Gasteiger partial charge in [-0.3, -0.25) is 4.84 Å². The fraction of sp³-hybridized carbons (Fsp3) is 0.536. The molecule has 5 rings (SSSR count). The number of amides is 1. The number of ether oxygens (including phenoxy) is 4. The predicted octanol–water partition coefficient (Wildman–Crippen LogP) is 1.95. The molecule has 3 aliphatic rings. The van der Waals surface area contributed by atoms with Crippen molar-refractivity contribution in [3.05, 3.63) is 60.2 Å². The van der Waals surface area contributed by atoms with Crippen LogP contribution >= 0.6 is 0 Å². The monoisotopic (exact) mass is 592 g/mol. The summed E-state index contributed by atoms with van der Waals surface area (Å²) in [6.45, 7) is 1.08. The number of carbonyl (C=O) groups excluding carboxylic acids is 1. The Balaban J connectivity index is 1.34. The van der Waals surface area contributed by atoms with Gasteiger partial charge in [-0.05, 0) is 49.4 Å². The number of nitrogens with zero attached hydrogens (tertiary/aromatic N) is 1. The minimum absolute atomic E-state index is 0.0611. The summed E-state index contributed by atoms with van der Waals surface area (Å²) in [5.74, 6) is -0.288. The molecular formula is C28H36N2O10S. The summed E-state index contributed by atoms with van der Waals surface area (Å²) in [7, 11) is -4.31. The van der Waals surface area contributed by atoms with Gasteiger partial charge in [-0.15, -0.1) is 0 Å². The highest BCUT2D eigenvalue weighted by atomic mass is 32.2. The summed E-state index contributed by atoms with van der Waals surface area (Å²) < 4.78 is 50.1. The largest absolute Gasteiger partial charge is 0.508 e. The Kier molecular flexibility index (Phi) is 9.75. The number of nitrogens with one attached hydrogen (secondary N) is 1. The highest BCUT2D eigenvalue weighted by Gasteiger charge is 2.44. The number of hydrogen-bond acceptors (Lipinski definition) is 10. The van der Waals surface area contributed by atoms with E-state index in [2.05, 4.69) is 5.32 Å². The van der Waals surface area contributed by atoms with Gasteiger partial charge in [0.15, 0.2) is 6.29 Å². The van der Waals surface area contributed by atoms with Gasteiger partial charge in [0.05, 0.1) is 48.8 Å². The predicted molar refractivity (Wildman–Crippen MR) is 144 cm³/mol. The zero-order valence-electron chi connectivity index (χ0n) is 22.5. The van der Waals surface area contributed by atoms with E-state index >= 15 is 0 Å². The molecule has 0 saturated carbocycles. The van der Waals surface area contributed by atoms with E-state index in [1.165, 1.54) is 18.2 Å². The fourth-order valence-electron chi connectivity index (χ4n) is 5.21. The fourth-order valence-corrected chi connectivity index (χ4v) is 6.55. The normalized spacial score (nSPS) is 24.6. The molecule has 3 saturated heterocycles. The second-order valence-electron chi connectivity index (χ2n) is 10.4. The second kappa shape index (κ2) is 13.5. The molecule has 0 radical (unpaired) electrons. The van der Waals surface area contributed by atoms with Gasteiger partial charge in [0.1, 0.15) is 11.9 Å². The van der Waals surface area contributed by atoms with Crippen LogP contribution in [0.15, 0.2) is 59.5 Å². The summed E-state index contributed by atoms with van der Waals surface area (Å²) in [5, 5.41) is 24.1. The molecule has 3 aliphatic heterocycles. The van der Waals surface area contributed by atoms with Crippen LogP contribution in [0.2, 0.25) is 0 Å². The van der Waals surface area contributed by atoms with Crippen LogP contribution in [0.1, 0.15) is 24.8 Å². The van der Waals surface area contributed by atoms with Gasteiger partial charge in [-0.2, -0.15) is 0 Å². The molecule has 2 aromatic rings. The lowest BCUT2D eigenvalue weighted by Crippen LogP contribution is -2.52. The lowest BCUT2D eigenvalue weighted by molar-refractivity contribution is -0.170. The van der Waals surface area contributed by atoms with Gasteiger partial charge >= 0.3 is 6.09 Å². The van der Waals surface area contributed by atoms with E-state index in [9.17, 15) is 23.4 Å². The average molecular weight is 593 g/mol. The Morgan fingerprint density at radius 2 is 1.83 bits per heavy atom. The molecule has 1 amide bonds. The van der Waals surface area contributed by atoms with E-state index in [1.54, 1.807) is 0 Å². The van der Waals surface area contributed by atoms with E-state index in [0.717, 1.165) is 16.1 Å². The highest BCUT2D eigenvalue weighted by molar-refractivity contribution is 7.89. The molecule has 13 heteroatoms. The molecule has 12 nitrogen and oxygen atoms in total. The molecule has 41 heavy (non-hydrogen) atoms. The van der Waals surface area contributed by atoms with Crippen LogP contribution in [0, 0.1) is 5.92 Å². The second-order valence-corrected chi connectivity index (χ2v) is 12.2. The maximum atomic E-state index is 13.6. The number of alkyl carbamates (subject to hydrolysis) is 1. The van der Waals surface area contributed by atoms with Crippen molar-refractivity contribution < 1.29 is 47.2 Å². The van der Waals surface area contributed by atoms with Crippen LogP contribution in [0.25, 0.3) is 0 Å². The standard InChI is InChI=1S/C28H36N2O10S/c31-20-7-4-8-22(16-20)41(34,35)30(40-21-9-12-36-13-10-21)17-25(32)24(15-19-5-2-1-3-6-19)29-28(33)39-26-18-38-27-23(26)11-14-37-27/h1-8,16,21,23-27,31-32H,9-15,17-18H2,(H,29,33)/t23-,24-,25+,26?,27+/m0/s1. The van der Waals surface area contributed by atoms with Crippen LogP contribution in [-0.4, -0.2) is 92.8 Å². The number of aliphatic hydroxyl groups is 1. The van der Waals surface area contributed by atoms with Crippen LogP contribution in [0.5, 0.6) is 5.75 Å². The summed E-state index contributed by atoms with van der Waals surface area (Å²) in [4.78, 5) is 18.7. The first-order valence-corrected chi connectivity index (χ1v) is 15.2. The number of sulfonamides is 1.